The zero-order valence-corrected chi connectivity index (χ0v) is 12.0. The van der Waals surface area contributed by atoms with Gasteiger partial charge in [-0.3, -0.25) is 4.79 Å². The van der Waals surface area contributed by atoms with E-state index in [2.05, 4.69) is 10.4 Å². The fourth-order valence-electron chi connectivity index (χ4n) is 1.87. The molecule has 0 amide bonds. The summed E-state index contributed by atoms with van der Waals surface area (Å²) in [5, 5.41) is 7.34. The lowest BCUT2D eigenvalue weighted by atomic mass is 10.2. The molecule has 106 valence electrons. The number of nitrogens with zero attached hydrogens (tertiary/aromatic N) is 2. The number of aromatic nitrogens is 2. The first-order valence-electron chi connectivity index (χ1n) is 6.55. The monoisotopic (exact) mass is 273 g/mol. The molecule has 5 heteroatoms. The summed E-state index contributed by atoms with van der Waals surface area (Å²) in [6.45, 7) is 4.48. The SMILES string of the molecule is COc1ccc(Cn2ncc(NC(C)C)cc2=O)cc1. The minimum Gasteiger partial charge on any atom is -0.497 e. The number of hydrogen-bond acceptors (Lipinski definition) is 4. The second kappa shape index (κ2) is 6.23. The number of hydrogen-bond donors (Lipinski definition) is 1. The first-order chi connectivity index (χ1) is 9.58. The van der Waals surface area contributed by atoms with Crippen LogP contribution in [0.5, 0.6) is 5.75 Å². The molecule has 1 aromatic heterocycles. The zero-order chi connectivity index (χ0) is 14.5. The molecule has 1 aromatic carbocycles. The molecule has 0 fully saturated rings. The minimum absolute atomic E-state index is 0.119. The normalized spacial score (nSPS) is 10.6. The summed E-state index contributed by atoms with van der Waals surface area (Å²) in [6.07, 6.45) is 1.67. The number of methoxy groups -OCH3 is 1. The number of rotatable bonds is 5. The van der Waals surface area contributed by atoms with Crippen LogP contribution in [-0.2, 0) is 6.54 Å². The van der Waals surface area contributed by atoms with Crippen LogP contribution in [0, 0.1) is 0 Å². The summed E-state index contributed by atoms with van der Waals surface area (Å²) in [5.74, 6) is 0.797. The molecular formula is C15H19N3O2. The molecule has 0 aliphatic carbocycles. The Bertz CT molecular complexity index is 618. The molecule has 0 aliphatic heterocycles. The highest BCUT2D eigenvalue weighted by molar-refractivity contribution is 5.39. The van der Waals surface area contributed by atoms with Crippen LogP contribution in [0.3, 0.4) is 0 Å². The van der Waals surface area contributed by atoms with Gasteiger partial charge in [-0.25, -0.2) is 4.68 Å². The Morgan fingerprint density at radius 2 is 2.00 bits per heavy atom. The largest absolute Gasteiger partial charge is 0.497 e. The van der Waals surface area contributed by atoms with E-state index in [4.69, 9.17) is 4.74 Å². The first kappa shape index (κ1) is 14.1. The van der Waals surface area contributed by atoms with E-state index in [1.807, 2.05) is 38.1 Å². The van der Waals surface area contributed by atoms with Gasteiger partial charge in [-0.15, -0.1) is 0 Å². The second-order valence-corrected chi connectivity index (χ2v) is 4.89. The van der Waals surface area contributed by atoms with Crippen molar-refractivity contribution in [2.75, 3.05) is 12.4 Å². The molecule has 0 bridgehead atoms. The van der Waals surface area contributed by atoms with Crippen LogP contribution in [-0.4, -0.2) is 22.9 Å². The molecule has 1 N–H and O–H groups in total. The topological polar surface area (TPSA) is 56.1 Å². The predicted octanol–water partition coefficient (Wildman–Crippen LogP) is 2.12. The van der Waals surface area contributed by atoms with Crippen molar-refractivity contribution in [2.45, 2.75) is 26.4 Å². The minimum atomic E-state index is -0.119. The molecule has 0 unspecified atom stereocenters. The molecule has 0 radical (unpaired) electrons. The van der Waals surface area contributed by atoms with Crippen molar-refractivity contribution in [3.63, 3.8) is 0 Å². The number of ether oxygens (including phenoxy) is 1. The molecule has 2 rings (SSSR count). The third-order valence-electron chi connectivity index (χ3n) is 2.82. The highest BCUT2D eigenvalue weighted by atomic mass is 16.5. The van der Waals surface area contributed by atoms with E-state index in [9.17, 15) is 4.79 Å². The van der Waals surface area contributed by atoms with Gasteiger partial charge in [0.15, 0.2) is 0 Å². The van der Waals surface area contributed by atoms with Gasteiger partial charge >= 0.3 is 0 Å². The van der Waals surface area contributed by atoms with E-state index in [1.165, 1.54) is 4.68 Å². The van der Waals surface area contributed by atoms with E-state index >= 15 is 0 Å². The predicted molar refractivity (Wildman–Crippen MR) is 79.4 cm³/mol. The van der Waals surface area contributed by atoms with Gasteiger partial charge in [-0.05, 0) is 31.5 Å². The van der Waals surface area contributed by atoms with Gasteiger partial charge < -0.3 is 10.1 Å². The molecule has 2 aromatic rings. The van der Waals surface area contributed by atoms with Crippen LogP contribution < -0.4 is 15.6 Å². The van der Waals surface area contributed by atoms with E-state index in [0.29, 0.717) is 6.54 Å². The first-order valence-corrected chi connectivity index (χ1v) is 6.55. The highest BCUT2D eigenvalue weighted by Crippen LogP contribution is 2.11. The zero-order valence-electron chi connectivity index (χ0n) is 12.0. The van der Waals surface area contributed by atoms with E-state index in [0.717, 1.165) is 17.0 Å². The van der Waals surface area contributed by atoms with Crippen molar-refractivity contribution in [1.82, 2.24) is 9.78 Å². The summed E-state index contributed by atoms with van der Waals surface area (Å²) >= 11 is 0. The third kappa shape index (κ3) is 3.60. The number of nitrogens with one attached hydrogen (secondary N) is 1. The third-order valence-corrected chi connectivity index (χ3v) is 2.82. The van der Waals surface area contributed by atoms with E-state index in [1.54, 1.807) is 19.4 Å². The van der Waals surface area contributed by atoms with Crippen LogP contribution in [0.2, 0.25) is 0 Å². The Hall–Kier alpha value is -2.30. The van der Waals surface area contributed by atoms with Crippen molar-refractivity contribution in [3.8, 4) is 5.75 Å². The molecule has 0 atom stereocenters. The van der Waals surface area contributed by atoms with Crippen molar-refractivity contribution in [2.24, 2.45) is 0 Å². The number of anilines is 1. The van der Waals surface area contributed by atoms with Gasteiger partial charge in [-0.2, -0.15) is 5.10 Å². The fraction of sp³-hybridized carbons (Fsp3) is 0.333. The smallest absolute Gasteiger partial charge is 0.269 e. The fourth-order valence-corrected chi connectivity index (χ4v) is 1.87. The lowest BCUT2D eigenvalue weighted by Crippen LogP contribution is -2.24. The van der Waals surface area contributed by atoms with Crippen molar-refractivity contribution >= 4 is 5.69 Å². The standard InChI is InChI=1S/C15H19N3O2/c1-11(2)17-13-8-15(19)18(16-9-13)10-12-4-6-14(20-3)7-5-12/h4-9,11,17H,10H2,1-3H3. The summed E-state index contributed by atoms with van der Waals surface area (Å²) in [7, 11) is 1.63. The Balaban J connectivity index is 2.14. The molecule has 5 nitrogen and oxygen atoms in total. The Morgan fingerprint density at radius 1 is 1.30 bits per heavy atom. The average molecular weight is 273 g/mol. The van der Waals surface area contributed by atoms with E-state index < -0.39 is 0 Å². The number of benzene rings is 1. The van der Waals surface area contributed by atoms with Gasteiger partial charge in [0.05, 0.1) is 25.5 Å². The Morgan fingerprint density at radius 3 is 2.55 bits per heavy atom. The van der Waals surface area contributed by atoms with Crippen molar-refractivity contribution in [3.05, 3.63) is 52.4 Å². The molecular weight excluding hydrogens is 254 g/mol. The second-order valence-electron chi connectivity index (χ2n) is 4.89. The maximum absolute atomic E-state index is 12.0. The Labute approximate surface area is 118 Å². The average Bonchev–Trinajstić information content (AvgIpc) is 2.42. The maximum Gasteiger partial charge on any atom is 0.269 e. The quantitative estimate of drug-likeness (QED) is 0.906. The van der Waals surface area contributed by atoms with Crippen LogP contribution >= 0.6 is 0 Å². The van der Waals surface area contributed by atoms with Crippen molar-refractivity contribution < 1.29 is 4.74 Å². The summed E-state index contributed by atoms with van der Waals surface area (Å²) < 4.78 is 6.54. The van der Waals surface area contributed by atoms with Gasteiger partial charge in [0.1, 0.15) is 5.75 Å². The molecule has 0 saturated carbocycles. The van der Waals surface area contributed by atoms with E-state index in [-0.39, 0.29) is 11.6 Å². The van der Waals surface area contributed by atoms with Crippen molar-refractivity contribution in [1.29, 1.82) is 0 Å². The molecule has 20 heavy (non-hydrogen) atoms. The van der Waals surface area contributed by atoms with Crippen LogP contribution in [0.1, 0.15) is 19.4 Å². The van der Waals surface area contributed by atoms with Crippen LogP contribution in [0.4, 0.5) is 5.69 Å². The van der Waals surface area contributed by atoms with Gasteiger partial charge in [-0.1, -0.05) is 12.1 Å². The van der Waals surface area contributed by atoms with Gasteiger partial charge in [0.25, 0.3) is 5.56 Å². The van der Waals surface area contributed by atoms with Crippen LogP contribution in [0.15, 0.2) is 41.3 Å². The van der Waals surface area contributed by atoms with Gasteiger partial charge in [0, 0.05) is 12.1 Å². The Kier molecular flexibility index (Phi) is 4.40. The van der Waals surface area contributed by atoms with Crippen LogP contribution in [0.25, 0.3) is 0 Å². The molecule has 0 spiro atoms. The highest BCUT2D eigenvalue weighted by Gasteiger charge is 2.03. The summed E-state index contributed by atoms with van der Waals surface area (Å²) in [6, 6.07) is 9.43. The molecule has 0 saturated heterocycles. The molecule has 1 heterocycles. The summed E-state index contributed by atoms with van der Waals surface area (Å²) in [4.78, 5) is 12.0. The lowest BCUT2D eigenvalue weighted by molar-refractivity contribution is 0.414. The lowest BCUT2D eigenvalue weighted by Gasteiger charge is -2.10. The molecule has 0 aliphatic rings. The maximum atomic E-state index is 12.0. The van der Waals surface area contributed by atoms with Gasteiger partial charge in [0.2, 0.25) is 0 Å². The summed E-state index contributed by atoms with van der Waals surface area (Å²) in [5.41, 5.74) is 1.63.